The van der Waals surface area contributed by atoms with Crippen LogP contribution in [0.2, 0.25) is 0 Å². The van der Waals surface area contributed by atoms with E-state index in [0.717, 1.165) is 11.1 Å². The summed E-state index contributed by atoms with van der Waals surface area (Å²) < 4.78 is 5.79. The van der Waals surface area contributed by atoms with Crippen molar-refractivity contribution in [1.29, 1.82) is 0 Å². The second-order valence-corrected chi connectivity index (χ2v) is 13.1. The van der Waals surface area contributed by atoms with Crippen LogP contribution >= 0.6 is 0 Å². The molecular weight excluding hydrogens is 640 g/mol. The summed E-state index contributed by atoms with van der Waals surface area (Å²) in [5.74, 6) is -2.35. The van der Waals surface area contributed by atoms with E-state index in [-0.39, 0.29) is 49.5 Å². The van der Waals surface area contributed by atoms with Gasteiger partial charge in [0.1, 0.15) is 23.5 Å². The number of benzene rings is 2. The molecule has 2 aliphatic heterocycles. The number of hydrogen-bond donors (Lipinski definition) is 4. The van der Waals surface area contributed by atoms with Gasteiger partial charge in [0.2, 0.25) is 17.7 Å². The molecule has 0 spiro atoms. The normalized spacial score (nSPS) is 22.1. The van der Waals surface area contributed by atoms with Gasteiger partial charge in [-0.05, 0) is 47.7 Å². The lowest BCUT2D eigenvalue weighted by atomic mass is 9.93. The van der Waals surface area contributed by atoms with E-state index in [1.165, 1.54) is 4.90 Å². The van der Waals surface area contributed by atoms with Gasteiger partial charge in [0.15, 0.2) is 6.61 Å². The fraction of sp³-hybridized carbons (Fsp3) is 0.405. The molecule has 13 heteroatoms. The third-order valence-electron chi connectivity index (χ3n) is 8.85. The number of carbonyl (C=O) groups is 5. The Morgan fingerprint density at radius 1 is 0.920 bits per heavy atom. The number of rotatable bonds is 7. The van der Waals surface area contributed by atoms with E-state index < -0.39 is 61.5 Å². The van der Waals surface area contributed by atoms with Gasteiger partial charge in [-0.2, -0.15) is 0 Å². The molecule has 3 aromatic rings. The number of aliphatic hydroxyl groups is 1. The Morgan fingerprint density at radius 2 is 1.68 bits per heavy atom. The molecule has 0 saturated carbocycles. The number of amides is 5. The van der Waals surface area contributed by atoms with Crippen molar-refractivity contribution in [3.05, 3.63) is 95.8 Å². The van der Waals surface area contributed by atoms with E-state index >= 15 is 0 Å². The molecule has 264 valence electrons. The largest absolute Gasteiger partial charge is 0.484 e. The molecule has 1 aromatic heterocycles. The molecule has 1 fully saturated rings. The Hall–Kier alpha value is -5.30. The van der Waals surface area contributed by atoms with Crippen LogP contribution in [0.4, 0.5) is 0 Å². The van der Waals surface area contributed by atoms with Gasteiger partial charge in [0, 0.05) is 38.2 Å². The first kappa shape index (κ1) is 36.0. The lowest BCUT2D eigenvalue weighted by Crippen LogP contribution is -2.56. The molecule has 5 rings (SSSR count). The highest BCUT2D eigenvalue weighted by atomic mass is 16.5. The van der Waals surface area contributed by atoms with E-state index in [9.17, 15) is 29.1 Å². The van der Waals surface area contributed by atoms with Crippen LogP contribution in [0.3, 0.4) is 0 Å². The minimum atomic E-state index is -1.30. The molecular formula is C37H44N6O7. The smallest absolute Gasteiger partial charge is 0.272 e. The van der Waals surface area contributed by atoms with E-state index in [1.807, 2.05) is 50.2 Å². The van der Waals surface area contributed by atoms with Gasteiger partial charge < -0.3 is 35.6 Å². The lowest BCUT2D eigenvalue weighted by Gasteiger charge is -2.29. The highest BCUT2D eigenvalue weighted by molar-refractivity contribution is 5.94. The lowest BCUT2D eigenvalue weighted by molar-refractivity contribution is -0.141. The summed E-state index contributed by atoms with van der Waals surface area (Å²) in [6.45, 7) is 3.09. The first-order valence-electron chi connectivity index (χ1n) is 16.9. The predicted molar refractivity (Wildman–Crippen MR) is 184 cm³/mol. The molecule has 2 aromatic carbocycles. The fourth-order valence-electron chi connectivity index (χ4n) is 6.17. The number of carbonyl (C=O) groups excluding carboxylic acids is 5. The summed E-state index contributed by atoms with van der Waals surface area (Å²) >= 11 is 0. The van der Waals surface area contributed by atoms with Gasteiger partial charge in [-0.1, -0.05) is 62.4 Å². The van der Waals surface area contributed by atoms with Crippen LogP contribution < -0.4 is 20.7 Å². The topological polar surface area (TPSA) is 170 Å². The Balaban J connectivity index is 1.49. The number of pyridine rings is 1. The number of aliphatic hydroxyl groups excluding tert-OH is 1. The van der Waals surface area contributed by atoms with Gasteiger partial charge in [0.05, 0.1) is 19.2 Å². The van der Waals surface area contributed by atoms with Crippen molar-refractivity contribution in [2.75, 3.05) is 39.4 Å². The summed E-state index contributed by atoms with van der Waals surface area (Å²) in [6, 6.07) is 18.5. The highest BCUT2D eigenvalue weighted by Crippen LogP contribution is 2.31. The Kier molecular flexibility index (Phi) is 12.2. The second kappa shape index (κ2) is 16.9. The zero-order chi connectivity index (χ0) is 35.6. The van der Waals surface area contributed by atoms with Crippen LogP contribution in [0.15, 0.2) is 79.0 Å². The molecule has 3 heterocycles. The van der Waals surface area contributed by atoms with Crippen molar-refractivity contribution in [3.63, 3.8) is 0 Å². The minimum absolute atomic E-state index is 0.172. The summed E-state index contributed by atoms with van der Waals surface area (Å²) in [4.78, 5) is 74.9. The third kappa shape index (κ3) is 9.44. The highest BCUT2D eigenvalue weighted by Gasteiger charge is 2.39. The van der Waals surface area contributed by atoms with Crippen LogP contribution in [-0.4, -0.2) is 107 Å². The Morgan fingerprint density at radius 3 is 2.40 bits per heavy atom. The molecule has 4 atom stereocenters. The van der Waals surface area contributed by atoms with Crippen LogP contribution in [-0.2, 0) is 25.6 Å². The van der Waals surface area contributed by atoms with E-state index in [1.54, 1.807) is 47.5 Å². The van der Waals surface area contributed by atoms with Gasteiger partial charge in [-0.3, -0.25) is 29.0 Å². The molecule has 13 nitrogen and oxygen atoms in total. The maximum absolute atomic E-state index is 14.1. The summed E-state index contributed by atoms with van der Waals surface area (Å²) in [5, 5.41) is 18.6. The zero-order valence-electron chi connectivity index (χ0n) is 28.3. The van der Waals surface area contributed by atoms with Gasteiger partial charge in [-0.15, -0.1) is 0 Å². The maximum atomic E-state index is 14.1. The van der Waals surface area contributed by atoms with Crippen LogP contribution in [0.25, 0.3) is 0 Å². The minimum Gasteiger partial charge on any atom is -0.484 e. The maximum Gasteiger partial charge on any atom is 0.272 e. The molecule has 4 N–H and O–H groups in total. The van der Waals surface area contributed by atoms with Crippen molar-refractivity contribution in [2.24, 2.45) is 5.92 Å². The molecule has 0 aliphatic carbocycles. The summed E-state index contributed by atoms with van der Waals surface area (Å²) in [6.07, 6.45) is 2.28. The van der Waals surface area contributed by atoms with Gasteiger partial charge >= 0.3 is 0 Å². The van der Waals surface area contributed by atoms with E-state index in [4.69, 9.17) is 4.74 Å². The predicted octanol–water partition coefficient (Wildman–Crippen LogP) is 1.28. The third-order valence-corrected chi connectivity index (χ3v) is 8.85. The molecule has 50 heavy (non-hydrogen) atoms. The zero-order valence-corrected chi connectivity index (χ0v) is 28.3. The van der Waals surface area contributed by atoms with Crippen molar-refractivity contribution < 1.29 is 33.8 Å². The standard InChI is InChI=1S/C37H44N6O7/c1-24(2)14-16-42-21-33(45)39-30(17-25-9-4-3-5-10-25)35(47)41-31-20-43(36(48)29-13-6-7-15-38-29)19-28(31)26-11-8-12-27(18-26)50-23-34(46)40-32(22-44)37(42)49/h3-13,15,18,24,28,30-32,44H,14,16-17,19-23H2,1-2H3,(H,39,45)(H,40,46)(H,41,47)/t28-,30-,31+,32-/m0/s1. The molecule has 1 saturated heterocycles. The second-order valence-electron chi connectivity index (χ2n) is 13.1. The summed E-state index contributed by atoms with van der Waals surface area (Å²) in [7, 11) is 0. The van der Waals surface area contributed by atoms with Crippen molar-refractivity contribution in [1.82, 2.24) is 30.7 Å². The Bertz CT molecular complexity index is 1650. The number of aromatic nitrogens is 1. The van der Waals surface area contributed by atoms with Crippen LogP contribution in [0.1, 0.15) is 47.8 Å². The van der Waals surface area contributed by atoms with Gasteiger partial charge in [0.25, 0.3) is 11.8 Å². The average molecular weight is 685 g/mol. The SMILES string of the molecule is CC(C)CCN1CC(=O)N[C@@H](Cc2ccccc2)C(=O)N[C@@H]2CN(C(=O)c3ccccn3)C[C@H]2c2cccc(c2)OCC(=O)N[C@@H](CO)C1=O. The van der Waals surface area contributed by atoms with E-state index in [2.05, 4.69) is 20.9 Å². The van der Waals surface area contributed by atoms with Crippen molar-refractivity contribution in [2.45, 2.75) is 50.7 Å². The molecule has 2 bridgehead atoms. The fourth-order valence-corrected chi connectivity index (χ4v) is 6.17. The first-order chi connectivity index (χ1) is 24.1. The molecule has 2 aliphatic rings. The molecule has 0 radical (unpaired) electrons. The quantitative estimate of drug-likeness (QED) is 0.289. The number of nitrogens with one attached hydrogen (secondary N) is 3. The van der Waals surface area contributed by atoms with Crippen molar-refractivity contribution in [3.8, 4) is 5.75 Å². The summed E-state index contributed by atoms with van der Waals surface area (Å²) in [5.41, 5.74) is 1.85. The first-order valence-corrected chi connectivity index (χ1v) is 16.9. The number of likely N-dealkylation sites (tertiary alicyclic amines) is 1. The van der Waals surface area contributed by atoms with Crippen molar-refractivity contribution >= 4 is 29.5 Å². The monoisotopic (exact) mass is 684 g/mol. The number of hydrogen-bond acceptors (Lipinski definition) is 8. The molecule has 0 unspecified atom stereocenters. The number of ether oxygens (including phenoxy) is 1. The Labute approximate surface area is 291 Å². The number of fused-ring (bicyclic) bond motifs is 4. The average Bonchev–Trinajstić information content (AvgIpc) is 3.54. The number of nitrogens with zero attached hydrogens (tertiary/aromatic N) is 3. The van der Waals surface area contributed by atoms with Crippen LogP contribution in [0, 0.1) is 5.92 Å². The van der Waals surface area contributed by atoms with Gasteiger partial charge in [-0.25, -0.2) is 0 Å². The molecule has 5 amide bonds. The van der Waals surface area contributed by atoms with E-state index in [0.29, 0.717) is 12.2 Å². The van der Waals surface area contributed by atoms with Crippen LogP contribution in [0.5, 0.6) is 5.75 Å².